The first kappa shape index (κ1) is 9.54. The first-order valence-corrected chi connectivity index (χ1v) is 5.46. The van der Waals surface area contributed by atoms with Gasteiger partial charge < -0.3 is 9.84 Å². The second-order valence-corrected chi connectivity index (χ2v) is 4.11. The third kappa shape index (κ3) is 2.08. The van der Waals surface area contributed by atoms with E-state index in [9.17, 15) is 4.79 Å². The fourth-order valence-corrected chi connectivity index (χ4v) is 2.14. The summed E-state index contributed by atoms with van der Waals surface area (Å²) < 4.78 is 4.84. The molecule has 2 rings (SSSR count). The molecule has 1 unspecified atom stereocenters. The minimum atomic E-state index is -0.114. The molecule has 0 spiro atoms. The molecule has 2 N–H and O–H groups in total. The molecule has 1 amide bonds. The lowest BCUT2D eigenvalue weighted by Gasteiger charge is -2.07. The van der Waals surface area contributed by atoms with Crippen LogP contribution in [0.1, 0.15) is 5.76 Å². The van der Waals surface area contributed by atoms with Crippen LogP contribution in [-0.4, -0.2) is 28.7 Å². The lowest BCUT2D eigenvalue weighted by Crippen LogP contribution is -2.37. The fraction of sp³-hybridized carbons (Fsp3) is 0.500. The maximum absolute atomic E-state index is 11.6. The van der Waals surface area contributed by atoms with Gasteiger partial charge in [-0.3, -0.25) is 10.1 Å². The topological polar surface area (TPSA) is 67.2 Å². The molecule has 1 aromatic rings. The smallest absolute Gasteiger partial charge is 0.243 e. The first-order chi connectivity index (χ1) is 6.75. The second kappa shape index (κ2) is 4.02. The van der Waals surface area contributed by atoms with Crippen LogP contribution in [0.2, 0.25) is 0 Å². The Balaban J connectivity index is 1.93. The van der Waals surface area contributed by atoms with E-state index in [-0.39, 0.29) is 11.9 Å². The van der Waals surface area contributed by atoms with Crippen molar-refractivity contribution in [3.05, 3.63) is 11.8 Å². The highest BCUT2D eigenvalue weighted by atomic mass is 32.2. The molecule has 14 heavy (non-hydrogen) atoms. The van der Waals surface area contributed by atoms with Crippen molar-refractivity contribution < 1.29 is 9.32 Å². The third-order valence-corrected chi connectivity index (χ3v) is 2.85. The first-order valence-electron chi connectivity index (χ1n) is 4.31. The van der Waals surface area contributed by atoms with Crippen molar-refractivity contribution >= 4 is 23.5 Å². The highest BCUT2D eigenvalue weighted by Gasteiger charge is 2.22. The molecule has 76 valence electrons. The van der Waals surface area contributed by atoms with Crippen LogP contribution in [0.5, 0.6) is 0 Å². The average molecular weight is 213 g/mol. The normalized spacial score (nSPS) is 21.1. The SMILES string of the molecule is Cc1cc(NC(=O)C2CSCN2)no1. The van der Waals surface area contributed by atoms with Gasteiger partial charge >= 0.3 is 0 Å². The zero-order chi connectivity index (χ0) is 9.97. The molecule has 1 aromatic heterocycles. The molecule has 1 aliphatic rings. The molecule has 0 aromatic carbocycles. The summed E-state index contributed by atoms with van der Waals surface area (Å²) in [7, 11) is 0. The van der Waals surface area contributed by atoms with E-state index in [2.05, 4.69) is 15.8 Å². The Morgan fingerprint density at radius 3 is 3.29 bits per heavy atom. The van der Waals surface area contributed by atoms with Gasteiger partial charge in [-0.1, -0.05) is 5.16 Å². The van der Waals surface area contributed by atoms with Crippen LogP contribution in [0.25, 0.3) is 0 Å². The predicted molar refractivity (Wildman–Crippen MR) is 54.1 cm³/mol. The van der Waals surface area contributed by atoms with Crippen LogP contribution in [-0.2, 0) is 4.79 Å². The lowest BCUT2D eigenvalue weighted by atomic mass is 10.3. The predicted octanol–water partition coefficient (Wildman–Crippen LogP) is 0.584. The fourth-order valence-electron chi connectivity index (χ4n) is 1.20. The molecule has 0 saturated carbocycles. The van der Waals surface area contributed by atoms with E-state index in [1.54, 1.807) is 24.8 Å². The molecular weight excluding hydrogens is 202 g/mol. The summed E-state index contributed by atoms with van der Waals surface area (Å²) in [6.07, 6.45) is 0. The minimum absolute atomic E-state index is 0.0525. The van der Waals surface area contributed by atoms with Crippen molar-refractivity contribution in [2.45, 2.75) is 13.0 Å². The Morgan fingerprint density at radius 1 is 1.86 bits per heavy atom. The van der Waals surface area contributed by atoms with E-state index in [4.69, 9.17) is 4.52 Å². The number of amides is 1. The van der Waals surface area contributed by atoms with Gasteiger partial charge in [0, 0.05) is 17.7 Å². The number of aryl methyl sites for hydroxylation is 1. The largest absolute Gasteiger partial charge is 0.360 e. The number of thioether (sulfide) groups is 1. The molecule has 5 nitrogen and oxygen atoms in total. The number of aromatic nitrogens is 1. The van der Waals surface area contributed by atoms with E-state index in [0.717, 1.165) is 11.6 Å². The molecular formula is C8H11N3O2S. The van der Waals surface area contributed by atoms with Crippen molar-refractivity contribution in [3.63, 3.8) is 0 Å². The Bertz CT molecular complexity index is 333. The van der Waals surface area contributed by atoms with Gasteiger partial charge in [-0.25, -0.2) is 0 Å². The Hall–Kier alpha value is -1.01. The standard InChI is InChI=1S/C8H11N3O2S/c1-5-2-7(11-13-5)10-8(12)6-3-14-4-9-6/h2,6,9H,3-4H2,1H3,(H,10,11,12). The molecule has 2 heterocycles. The maximum Gasteiger partial charge on any atom is 0.243 e. The van der Waals surface area contributed by atoms with E-state index < -0.39 is 0 Å². The number of carbonyl (C=O) groups is 1. The van der Waals surface area contributed by atoms with Crippen molar-refractivity contribution in [1.29, 1.82) is 0 Å². The van der Waals surface area contributed by atoms with Crippen LogP contribution in [0.3, 0.4) is 0 Å². The van der Waals surface area contributed by atoms with Gasteiger partial charge in [-0.05, 0) is 6.92 Å². The van der Waals surface area contributed by atoms with E-state index in [1.165, 1.54) is 0 Å². The number of nitrogens with one attached hydrogen (secondary N) is 2. The van der Waals surface area contributed by atoms with Crippen LogP contribution in [0, 0.1) is 6.92 Å². The molecule has 0 aliphatic carbocycles. The van der Waals surface area contributed by atoms with Crippen molar-refractivity contribution in [1.82, 2.24) is 10.5 Å². The van der Waals surface area contributed by atoms with Gasteiger partial charge in [0.1, 0.15) is 5.76 Å². The van der Waals surface area contributed by atoms with Crippen molar-refractivity contribution in [2.75, 3.05) is 16.9 Å². The number of carbonyl (C=O) groups excluding carboxylic acids is 1. The quantitative estimate of drug-likeness (QED) is 0.752. The number of rotatable bonds is 2. The molecule has 0 bridgehead atoms. The van der Waals surface area contributed by atoms with E-state index in [0.29, 0.717) is 11.6 Å². The number of hydrogen-bond donors (Lipinski definition) is 2. The average Bonchev–Trinajstić information content (AvgIpc) is 2.75. The van der Waals surface area contributed by atoms with Crippen LogP contribution >= 0.6 is 11.8 Å². The third-order valence-electron chi connectivity index (χ3n) is 1.91. The van der Waals surface area contributed by atoms with Gasteiger partial charge in [-0.15, -0.1) is 11.8 Å². The summed E-state index contributed by atoms with van der Waals surface area (Å²) in [5.41, 5.74) is 0. The van der Waals surface area contributed by atoms with Gasteiger partial charge in [-0.2, -0.15) is 0 Å². The molecule has 1 atom stereocenters. The van der Waals surface area contributed by atoms with Crippen LogP contribution in [0.15, 0.2) is 10.6 Å². The summed E-state index contributed by atoms with van der Waals surface area (Å²) in [6, 6.07) is 1.58. The second-order valence-electron chi connectivity index (χ2n) is 3.08. The summed E-state index contributed by atoms with van der Waals surface area (Å²) >= 11 is 1.71. The van der Waals surface area contributed by atoms with E-state index in [1.807, 2.05) is 0 Å². The summed E-state index contributed by atoms with van der Waals surface area (Å²) in [5, 5.41) is 9.45. The zero-order valence-electron chi connectivity index (χ0n) is 7.74. The summed E-state index contributed by atoms with van der Waals surface area (Å²) in [4.78, 5) is 11.6. The zero-order valence-corrected chi connectivity index (χ0v) is 8.56. The summed E-state index contributed by atoms with van der Waals surface area (Å²) in [5.74, 6) is 2.75. The van der Waals surface area contributed by atoms with Crippen LogP contribution in [0.4, 0.5) is 5.82 Å². The lowest BCUT2D eigenvalue weighted by molar-refractivity contribution is -0.117. The molecule has 1 saturated heterocycles. The van der Waals surface area contributed by atoms with Crippen molar-refractivity contribution in [3.8, 4) is 0 Å². The number of nitrogens with zero attached hydrogens (tertiary/aromatic N) is 1. The minimum Gasteiger partial charge on any atom is -0.360 e. The highest BCUT2D eigenvalue weighted by molar-refractivity contribution is 7.99. The van der Waals surface area contributed by atoms with Gasteiger partial charge in [0.05, 0.1) is 6.04 Å². The van der Waals surface area contributed by atoms with Gasteiger partial charge in [0.25, 0.3) is 0 Å². The summed E-state index contributed by atoms with van der Waals surface area (Å²) in [6.45, 7) is 1.78. The van der Waals surface area contributed by atoms with Crippen LogP contribution < -0.4 is 10.6 Å². The Morgan fingerprint density at radius 2 is 2.71 bits per heavy atom. The highest BCUT2D eigenvalue weighted by Crippen LogP contribution is 2.12. The molecule has 6 heteroatoms. The number of anilines is 1. The number of hydrogen-bond acceptors (Lipinski definition) is 5. The van der Waals surface area contributed by atoms with Gasteiger partial charge in [0.2, 0.25) is 5.91 Å². The molecule has 0 radical (unpaired) electrons. The molecule has 1 fully saturated rings. The Kier molecular flexibility index (Phi) is 2.74. The van der Waals surface area contributed by atoms with Gasteiger partial charge in [0.15, 0.2) is 5.82 Å². The molecule has 1 aliphatic heterocycles. The van der Waals surface area contributed by atoms with E-state index >= 15 is 0 Å². The Labute approximate surface area is 85.6 Å². The monoisotopic (exact) mass is 213 g/mol. The van der Waals surface area contributed by atoms with Crippen molar-refractivity contribution in [2.24, 2.45) is 0 Å². The maximum atomic E-state index is 11.6.